The molecular formula is C10H10ClN3O2S. The number of nitriles is 1. The van der Waals surface area contributed by atoms with Crippen molar-refractivity contribution >= 4 is 29.1 Å². The lowest BCUT2D eigenvalue weighted by molar-refractivity contribution is -0.385. The molecule has 0 radical (unpaired) electrons. The third-order valence-electron chi connectivity index (χ3n) is 1.93. The van der Waals surface area contributed by atoms with Crippen LogP contribution in [0, 0.1) is 27.4 Å². The van der Waals surface area contributed by atoms with E-state index in [9.17, 15) is 10.1 Å². The Morgan fingerprint density at radius 1 is 1.71 bits per heavy atom. The lowest BCUT2D eigenvalue weighted by Gasteiger charge is -2.05. The molecule has 7 heteroatoms. The van der Waals surface area contributed by atoms with Crippen molar-refractivity contribution in [3.63, 3.8) is 0 Å². The summed E-state index contributed by atoms with van der Waals surface area (Å²) in [6, 6.07) is 4.58. The van der Waals surface area contributed by atoms with E-state index in [-0.39, 0.29) is 11.4 Å². The van der Waals surface area contributed by atoms with E-state index in [4.69, 9.17) is 16.9 Å². The number of pyridine rings is 1. The molecule has 1 rings (SSSR count). The summed E-state index contributed by atoms with van der Waals surface area (Å²) in [5.41, 5.74) is -0.416. The second-order valence-corrected chi connectivity index (χ2v) is 4.81. The molecule has 0 spiro atoms. The molecule has 0 saturated carbocycles. The van der Waals surface area contributed by atoms with Gasteiger partial charge in [0.25, 0.3) is 0 Å². The average molecular weight is 272 g/mol. The highest BCUT2D eigenvalue weighted by atomic mass is 35.5. The van der Waals surface area contributed by atoms with E-state index in [0.29, 0.717) is 16.8 Å². The summed E-state index contributed by atoms with van der Waals surface area (Å²) in [4.78, 5) is 13.9. The van der Waals surface area contributed by atoms with Crippen molar-refractivity contribution < 1.29 is 4.92 Å². The van der Waals surface area contributed by atoms with Crippen molar-refractivity contribution in [3.05, 3.63) is 27.9 Å². The lowest BCUT2D eigenvalue weighted by atomic mass is 10.3. The van der Waals surface area contributed by atoms with Gasteiger partial charge in [-0.15, -0.1) is 23.4 Å². The van der Waals surface area contributed by atoms with Gasteiger partial charge < -0.3 is 0 Å². The van der Waals surface area contributed by atoms with Gasteiger partial charge in [-0.1, -0.05) is 6.92 Å². The highest BCUT2D eigenvalue weighted by Crippen LogP contribution is 2.23. The largest absolute Gasteiger partial charge is 0.305 e. The molecule has 0 aliphatic heterocycles. The maximum absolute atomic E-state index is 10.6. The first-order valence-electron chi connectivity index (χ1n) is 4.82. The molecule has 1 atom stereocenters. The number of nitrogens with zero attached hydrogens (tertiary/aromatic N) is 3. The van der Waals surface area contributed by atoms with E-state index in [1.54, 1.807) is 12.1 Å². The van der Waals surface area contributed by atoms with Crippen molar-refractivity contribution in [3.8, 4) is 6.07 Å². The van der Waals surface area contributed by atoms with Crippen LogP contribution in [0.4, 0.5) is 5.69 Å². The molecule has 1 aromatic rings. The Balaban J connectivity index is 2.84. The quantitative estimate of drug-likeness (QED) is 0.356. The summed E-state index contributed by atoms with van der Waals surface area (Å²) >= 11 is 7.10. The van der Waals surface area contributed by atoms with Crippen LogP contribution >= 0.6 is 23.4 Å². The van der Waals surface area contributed by atoms with E-state index in [1.807, 2.05) is 6.92 Å². The second-order valence-electron chi connectivity index (χ2n) is 3.46. The van der Waals surface area contributed by atoms with Crippen LogP contribution in [0.15, 0.2) is 17.2 Å². The van der Waals surface area contributed by atoms with E-state index < -0.39 is 4.92 Å². The Labute approximate surface area is 108 Å². The Morgan fingerprint density at radius 3 is 2.94 bits per heavy atom. The van der Waals surface area contributed by atoms with Gasteiger partial charge in [-0.25, -0.2) is 4.98 Å². The van der Waals surface area contributed by atoms with Crippen LogP contribution in [0.1, 0.15) is 12.6 Å². The summed E-state index contributed by atoms with van der Waals surface area (Å²) < 4.78 is 0. The standard InChI is InChI=1S/C10H10ClN3O2S/c1-7(4-11)6-17-10-3-2-9(14(15)16)8(5-12)13-10/h2-3,7H,4,6H2,1H3. The number of hydrogen-bond donors (Lipinski definition) is 0. The molecule has 0 bridgehead atoms. The van der Waals surface area contributed by atoms with Crippen LogP contribution in [0.5, 0.6) is 0 Å². The monoisotopic (exact) mass is 271 g/mol. The summed E-state index contributed by atoms with van der Waals surface area (Å²) in [5, 5.41) is 20.0. The van der Waals surface area contributed by atoms with Gasteiger partial charge in [0.2, 0.25) is 5.69 Å². The Kier molecular flexibility index (Phi) is 5.19. The van der Waals surface area contributed by atoms with Crippen molar-refractivity contribution in [1.29, 1.82) is 5.26 Å². The lowest BCUT2D eigenvalue weighted by Crippen LogP contribution is -2.01. The van der Waals surface area contributed by atoms with Gasteiger partial charge in [-0.3, -0.25) is 10.1 Å². The van der Waals surface area contributed by atoms with Crippen molar-refractivity contribution in [2.75, 3.05) is 11.6 Å². The normalized spacial score (nSPS) is 11.8. The average Bonchev–Trinajstić information content (AvgIpc) is 2.35. The van der Waals surface area contributed by atoms with Gasteiger partial charge in [0, 0.05) is 17.7 Å². The first-order valence-corrected chi connectivity index (χ1v) is 6.34. The second kappa shape index (κ2) is 6.42. The van der Waals surface area contributed by atoms with Gasteiger partial charge in [0.15, 0.2) is 0 Å². The molecule has 0 saturated heterocycles. The topological polar surface area (TPSA) is 79.8 Å². The van der Waals surface area contributed by atoms with Gasteiger partial charge in [-0.2, -0.15) is 5.26 Å². The van der Waals surface area contributed by atoms with Crippen LogP contribution in [0.3, 0.4) is 0 Å². The van der Waals surface area contributed by atoms with Gasteiger partial charge in [0.05, 0.1) is 9.95 Å². The number of nitro groups is 1. The number of hydrogen-bond acceptors (Lipinski definition) is 5. The van der Waals surface area contributed by atoms with Crippen molar-refractivity contribution in [2.45, 2.75) is 11.9 Å². The molecule has 0 amide bonds. The van der Waals surface area contributed by atoms with Gasteiger partial charge >= 0.3 is 5.69 Å². The first kappa shape index (κ1) is 13.7. The molecule has 0 aliphatic rings. The van der Waals surface area contributed by atoms with Crippen LogP contribution in [-0.4, -0.2) is 21.5 Å². The summed E-state index contributed by atoms with van der Waals surface area (Å²) in [5.74, 6) is 1.63. The fraction of sp³-hybridized carbons (Fsp3) is 0.400. The predicted molar refractivity (Wildman–Crippen MR) is 66.2 cm³/mol. The number of thioether (sulfide) groups is 1. The summed E-state index contributed by atoms with van der Waals surface area (Å²) in [6.07, 6.45) is 0. The van der Waals surface area contributed by atoms with E-state index >= 15 is 0 Å². The zero-order valence-corrected chi connectivity index (χ0v) is 10.7. The van der Waals surface area contributed by atoms with Gasteiger partial charge in [-0.05, 0) is 12.0 Å². The number of rotatable bonds is 5. The number of alkyl halides is 1. The Morgan fingerprint density at radius 2 is 2.41 bits per heavy atom. The smallest absolute Gasteiger partial charge is 0.258 e. The Bertz CT molecular complexity index is 461. The molecule has 17 heavy (non-hydrogen) atoms. The molecule has 0 fully saturated rings. The summed E-state index contributed by atoms with van der Waals surface area (Å²) in [6.45, 7) is 2.00. The van der Waals surface area contributed by atoms with Crippen molar-refractivity contribution in [2.24, 2.45) is 5.92 Å². The molecule has 5 nitrogen and oxygen atoms in total. The molecule has 1 unspecified atom stereocenters. The third kappa shape index (κ3) is 3.88. The fourth-order valence-corrected chi connectivity index (χ4v) is 2.15. The van der Waals surface area contributed by atoms with Crippen LogP contribution < -0.4 is 0 Å². The van der Waals surface area contributed by atoms with E-state index in [1.165, 1.54) is 17.8 Å². The van der Waals surface area contributed by atoms with E-state index in [0.717, 1.165) is 5.75 Å². The maximum Gasteiger partial charge on any atom is 0.305 e. The number of aromatic nitrogens is 1. The van der Waals surface area contributed by atoms with Gasteiger partial charge in [0.1, 0.15) is 6.07 Å². The first-order chi connectivity index (χ1) is 8.08. The summed E-state index contributed by atoms with van der Waals surface area (Å²) in [7, 11) is 0. The molecule has 0 N–H and O–H groups in total. The van der Waals surface area contributed by atoms with Crippen molar-refractivity contribution in [1.82, 2.24) is 4.98 Å². The van der Waals surface area contributed by atoms with E-state index in [2.05, 4.69) is 4.98 Å². The maximum atomic E-state index is 10.6. The molecule has 90 valence electrons. The predicted octanol–water partition coefficient (Wildman–Crippen LogP) is 2.83. The highest BCUT2D eigenvalue weighted by Gasteiger charge is 2.15. The molecule has 1 aromatic heterocycles. The van der Waals surface area contributed by atoms with Crippen LogP contribution in [0.2, 0.25) is 0 Å². The molecule has 0 aliphatic carbocycles. The minimum absolute atomic E-state index is 0.154. The van der Waals surface area contributed by atoms with Crippen LogP contribution in [0.25, 0.3) is 0 Å². The van der Waals surface area contributed by atoms with Crippen LogP contribution in [-0.2, 0) is 0 Å². The SMILES string of the molecule is CC(CCl)CSc1ccc([N+](=O)[O-])c(C#N)n1. The zero-order valence-electron chi connectivity index (χ0n) is 9.09. The molecule has 0 aromatic carbocycles. The highest BCUT2D eigenvalue weighted by molar-refractivity contribution is 7.99. The minimum Gasteiger partial charge on any atom is -0.258 e. The fourth-order valence-electron chi connectivity index (χ4n) is 1.02. The Hall–Kier alpha value is -1.32. The zero-order chi connectivity index (χ0) is 12.8. The minimum atomic E-state index is -0.610. The number of halogens is 1. The third-order valence-corrected chi connectivity index (χ3v) is 3.72. The molecular weight excluding hydrogens is 262 g/mol. The molecule has 1 heterocycles.